The lowest BCUT2D eigenvalue weighted by molar-refractivity contribution is 0.859. The number of aromatic nitrogens is 1. The van der Waals surface area contributed by atoms with Crippen LogP contribution < -0.4 is 15.8 Å². The van der Waals surface area contributed by atoms with E-state index in [-0.39, 0.29) is 5.56 Å². The van der Waals surface area contributed by atoms with Crippen molar-refractivity contribution in [1.82, 2.24) is 4.57 Å². The SMILES string of the molecule is Cn1cc(NCc2ccc(N3CCCC3)cc2)ccc1=O. The van der Waals surface area contributed by atoms with Gasteiger partial charge in [0, 0.05) is 44.6 Å². The fourth-order valence-corrected chi connectivity index (χ4v) is 2.70. The molecule has 1 aliphatic rings. The molecule has 0 bridgehead atoms. The zero-order valence-corrected chi connectivity index (χ0v) is 12.4. The molecule has 3 rings (SSSR count). The van der Waals surface area contributed by atoms with Crippen molar-refractivity contribution in [3.63, 3.8) is 0 Å². The van der Waals surface area contributed by atoms with E-state index < -0.39 is 0 Å². The smallest absolute Gasteiger partial charge is 0.250 e. The lowest BCUT2D eigenvalue weighted by Crippen LogP contribution is -2.17. The maximum Gasteiger partial charge on any atom is 0.250 e. The minimum atomic E-state index is 0.00974. The molecule has 1 aromatic carbocycles. The van der Waals surface area contributed by atoms with Gasteiger partial charge in [0.2, 0.25) is 5.56 Å². The molecule has 0 atom stereocenters. The summed E-state index contributed by atoms with van der Waals surface area (Å²) in [6, 6.07) is 12.1. The molecule has 4 heteroatoms. The number of nitrogens with one attached hydrogen (secondary N) is 1. The van der Waals surface area contributed by atoms with Crippen molar-refractivity contribution in [3.8, 4) is 0 Å². The molecule has 110 valence electrons. The van der Waals surface area contributed by atoms with Gasteiger partial charge >= 0.3 is 0 Å². The molecule has 0 spiro atoms. The topological polar surface area (TPSA) is 37.3 Å². The van der Waals surface area contributed by atoms with Crippen molar-refractivity contribution in [2.24, 2.45) is 7.05 Å². The molecule has 1 fully saturated rings. The van der Waals surface area contributed by atoms with E-state index in [1.54, 1.807) is 17.7 Å². The summed E-state index contributed by atoms with van der Waals surface area (Å²) in [5, 5.41) is 3.34. The van der Waals surface area contributed by atoms with Gasteiger partial charge in [0.15, 0.2) is 0 Å². The molecule has 0 aliphatic carbocycles. The third kappa shape index (κ3) is 3.27. The molecule has 1 N–H and O–H groups in total. The Kier molecular flexibility index (Phi) is 3.95. The molecular formula is C17H21N3O. The van der Waals surface area contributed by atoms with Crippen LogP contribution in [-0.2, 0) is 13.6 Å². The van der Waals surface area contributed by atoms with Gasteiger partial charge in [-0.15, -0.1) is 0 Å². The van der Waals surface area contributed by atoms with Gasteiger partial charge in [0.25, 0.3) is 0 Å². The fourth-order valence-electron chi connectivity index (χ4n) is 2.70. The average Bonchev–Trinajstić information content (AvgIpc) is 3.03. The maximum atomic E-state index is 11.3. The number of benzene rings is 1. The zero-order valence-electron chi connectivity index (χ0n) is 12.4. The van der Waals surface area contributed by atoms with E-state index in [0.717, 1.165) is 12.2 Å². The summed E-state index contributed by atoms with van der Waals surface area (Å²) in [5.74, 6) is 0. The van der Waals surface area contributed by atoms with E-state index in [1.165, 1.54) is 37.2 Å². The second kappa shape index (κ2) is 6.04. The standard InChI is InChI=1S/C17H21N3O/c1-19-13-15(6-9-17(19)21)18-12-14-4-7-16(8-5-14)20-10-2-3-11-20/h4-9,13,18H,2-3,10-12H2,1H3. The predicted octanol–water partition coefficient (Wildman–Crippen LogP) is 2.60. The highest BCUT2D eigenvalue weighted by Crippen LogP contribution is 2.20. The lowest BCUT2D eigenvalue weighted by Gasteiger charge is -2.17. The van der Waals surface area contributed by atoms with E-state index in [1.807, 2.05) is 12.3 Å². The Balaban J connectivity index is 1.62. The quantitative estimate of drug-likeness (QED) is 0.937. The summed E-state index contributed by atoms with van der Waals surface area (Å²) in [7, 11) is 1.76. The summed E-state index contributed by atoms with van der Waals surface area (Å²) in [4.78, 5) is 13.8. The summed E-state index contributed by atoms with van der Waals surface area (Å²) in [6.07, 6.45) is 4.42. The molecule has 21 heavy (non-hydrogen) atoms. The second-order valence-electron chi connectivity index (χ2n) is 5.58. The predicted molar refractivity (Wildman–Crippen MR) is 86.9 cm³/mol. The van der Waals surface area contributed by atoms with Crippen LogP contribution in [0.25, 0.3) is 0 Å². The normalized spacial score (nSPS) is 14.4. The van der Waals surface area contributed by atoms with Crippen LogP contribution in [-0.4, -0.2) is 17.7 Å². The average molecular weight is 283 g/mol. The Hall–Kier alpha value is -2.23. The zero-order chi connectivity index (χ0) is 14.7. The van der Waals surface area contributed by atoms with Gasteiger partial charge < -0.3 is 14.8 Å². The number of anilines is 2. The first-order valence-corrected chi connectivity index (χ1v) is 7.47. The first-order chi connectivity index (χ1) is 10.2. The highest BCUT2D eigenvalue weighted by Gasteiger charge is 2.11. The number of rotatable bonds is 4. The van der Waals surface area contributed by atoms with E-state index in [9.17, 15) is 4.79 Å². The van der Waals surface area contributed by atoms with Crippen LogP contribution in [0.1, 0.15) is 18.4 Å². The number of pyridine rings is 1. The lowest BCUT2D eigenvalue weighted by atomic mass is 10.2. The highest BCUT2D eigenvalue weighted by atomic mass is 16.1. The van der Waals surface area contributed by atoms with Gasteiger partial charge in [0.1, 0.15) is 0 Å². The molecule has 4 nitrogen and oxygen atoms in total. The number of nitrogens with zero attached hydrogens (tertiary/aromatic N) is 2. The molecule has 2 aromatic rings. The largest absolute Gasteiger partial charge is 0.380 e. The Bertz CT molecular complexity index is 654. The number of hydrogen-bond donors (Lipinski definition) is 1. The highest BCUT2D eigenvalue weighted by molar-refractivity contribution is 5.49. The van der Waals surface area contributed by atoms with Gasteiger partial charge in [-0.05, 0) is 36.6 Å². The van der Waals surface area contributed by atoms with Crippen LogP contribution in [0, 0.1) is 0 Å². The third-order valence-corrected chi connectivity index (χ3v) is 3.99. The molecule has 0 saturated carbocycles. The van der Waals surface area contributed by atoms with Crippen molar-refractivity contribution in [3.05, 3.63) is 58.5 Å². The van der Waals surface area contributed by atoms with Crippen LogP contribution in [0.3, 0.4) is 0 Å². The van der Waals surface area contributed by atoms with E-state index in [0.29, 0.717) is 0 Å². The fraction of sp³-hybridized carbons (Fsp3) is 0.353. The Morgan fingerprint density at radius 1 is 1.05 bits per heavy atom. The molecule has 0 amide bonds. The first-order valence-electron chi connectivity index (χ1n) is 7.47. The van der Waals surface area contributed by atoms with E-state index >= 15 is 0 Å². The second-order valence-corrected chi connectivity index (χ2v) is 5.58. The van der Waals surface area contributed by atoms with Crippen LogP contribution >= 0.6 is 0 Å². The summed E-state index contributed by atoms with van der Waals surface area (Å²) in [5.41, 5.74) is 3.53. The summed E-state index contributed by atoms with van der Waals surface area (Å²) in [6.45, 7) is 3.11. The molecule has 0 radical (unpaired) electrons. The molecule has 0 unspecified atom stereocenters. The van der Waals surface area contributed by atoms with Crippen LogP contribution in [0.5, 0.6) is 0 Å². The summed E-state index contributed by atoms with van der Waals surface area (Å²) >= 11 is 0. The van der Waals surface area contributed by atoms with Gasteiger partial charge in [0.05, 0.1) is 5.69 Å². The number of hydrogen-bond acceptors (Lipinski definition) is 3. The van der Waals surface area contributed by atoms with Crippen molar-refractivity contribution < 1.29 is 0 Å². The molecule has 1 aromatic heterocycles. The molecule has 1 aliphatic heterocycles. The van der Waals surface area contributed by atoms with E-state index in [2.05, 4.69) is 34.5 Å². The number of aryl methyl sites for hydroxylation is 1. The van der Waals surface area contributed by atoms with Crippen molar-refractivity contribution in [2.45, 2.75) is 19.4 Å². The first kappa shape index (κ1) is 13.7. The third-order valence-electron chi connectivity index (χ3n) is 3.99. The maximum absolute atomic E-state index is 11.3. The van der Waals surface area contributed by atoms with Gasteiger partial charge in [-0.2, -0.15) is 0 Å². The van der Waals surface area contributed by atoms with Crippen molar-refractivity contribution in [2.75, 3.05) is 23.3 Å². The Morgan fingerprint density at radius 3 is 2.43 bits per heavy atom. The minimum Gasteiger partial charge on any atom is -0.380 e. The summed E-state index contributed by atoms with van der Waals surface area (Å²) < 4.78 is 1.58. The van der Waals surface area contributed by atoms with Gasteiger partial charge in [-0.25, -0.2) is 0 Å². The Labute approximate surface area is 125 Å². The van der Waals surface area contributed by atoms with Gasteiger partial charge in [-0.3, -0.25) is 4.79 Å². The van der Waals surface area contributed by atoms with Crippen LogP contribution in [0.2, 0.25) is 0 Å². The molecule has 1 saturated heterocycles. The minimum absolute atomic E-state index is 0.00974. The molecule has 2 heterocycles. The molecular weight excluding hydrogens is 262 g/mol. The van der Waals surface area contributed by atoms with Crippen molar-refractivity contribution in [1.29, 1.82) is 0 Å². The van der Waals surface area contributed by atoms with Gasteiger partial charge in [-0.1, -0.05) is 12.1 Å². The van der Waals surface area contributed by atoms with Crippen molar-refractivity contribution >= 4 is 11.4 Å². The van der Waals surface area contributed by atoms with Crippen LogP contribution in [0.15, 0.2) is 47.4 Å². The van der Waals surface area contributed by atoms with Crippen LogP contribution in [0.4, 0.5) is 11.4 Å². The van der Waals surface area contributed by atoms with E-state index in [4.69, 9.17) is 0 Å². The monoisotopic (exact) mass is 283 g/mol. The Morgan fingerprint density at radius 2 is 1.76 bits per heavy atom.